The third-order valence-corrected chi connectivity index (χ3v) is 1.79. The zero-order chi connectivity index (χ0) is 9.03. The van der Waals surface area contributed by atoms with E-state index in [9.17, 15) is 0 Å². The van der Waals surface area contributed by atoms with Crippen molar-refractivity contribution in [2.24, 2.45) is 0 Å². The van der Waals surface area contributed by atoms with E-state index in [4.69, 9.17) is 5.21 Å². The van der Waals surface area contributed by atoms with Gasteiger partial charge in [-0.2, -0.15) is 5.48 Å². The maximum absolute atomic E-state index is 8.81. The Bertz CT molecular complexity index is 231. The Hall–Kier alpha value is -0.860. The first-order valence-corrected chi connectivity index (χ1v) is 4.09. The fourth-order valence-corrected chi connectivity index (χ4v) is 1.15. The maximum atomic E-state index is 8.81. The average molecular weight is 165 g/mol. The Morgan fingerprint density at radius 3 is 2.33 bits per heavy atom. The minimum absolute atomic E-state index is 0.249. The highest BCUT2D eigenvalue weighted by Crippen LogP contribution is 2.10. The number of benzene rings is 1. The molecule has 0 radical (unpaired) electrons. The number of nitrogens with one attached hydrogen (secondary N) is 1. The van der Waals surface area contributed by atoms with Crippen molar-refractivity contribution in [3.05, 3.63) is 35.9 Å². The molecule has 1 aromatic carbocycles. The molecule has 1 rings (SSSR count). The third-order valence-electron chi connectivity index (χ3n) is 1.79. The summed E-state index contributed by atoms with van der Waals surface area (Å²) in [5, 5.41) is 8.81. The van der Waals surface area contributed by atoms with Gasteiger partial charge in [-0.3, -0.25) is 0 Å². The van der Waals surface area contributed by atoms with E-state index in [2.05, 4.69) is 17.6 Å². The molecule has 0 bridgehead atoms. The van der Waals surface area contributed by atoms with E-state index in [0.717, 1.165) is 6.42 Å². The van der Waals surface area contributed by atoms with Crippen LogP contribution in [-0.4, -0.2) is 10.7 Å². The number of hydrogen-bond donors (Lipinski definition) is 2. The lowest BCUT2D eigenvalue weighted by molar-refractivity contribution is 0.0817. The van der Waals surface area contributed by atoms with Crippen LogP contribution < -0.4 is 5.48 Å². The lowest BCUT2D eigenvalue weighted by Gasteiger charge is -2.22. The van der Waals surface area contributed by atoms with Crippen LogP contribution in [0.25, 0.3) is 0 Å². The molecule has 0 heterocycles. The van der Waals surface area contributed by atoms with Crippen LogP contribution in [0, 0.1) is 0 Å². The fourth-order valence-electron chi connectivity index (χ4n) is 1.15. The van der Waals surface area contributed by atoms with Gasteiger partial charge < -0.3 is 5.21 Å². The molecule has 0 atom stereocenters. The summed E-state index contributed by atoms with van der Waals surface area (Å²) in [6, 6.07) is 10.1. The first-order valence-electron chi connectivity index (χ1n) is 4.09. The highest BCUT2D eigenvalue weighted by Gasteiger charge is 2.15. The van der Waals surface area contributed by atoms with E-state index in [1.54, 1.807) is 0 Å². The van der Waals surface area contributed by atoms with Crippen molar-refractivity contribution in [2.75, 3.05) is 0 Å². The molecule has 2 nitrogen and oxygen atoms in total. The molecule has 0 aromatic heterocycles. The summed E-state index contributed by atoms with van der Waals surface area (Å²) in [6.07, 6.45) is 0.824. The van der Waals surface area contributed by atoms with Crippen LogP contribution in [0.4, 0.5) is 0 Å². The van der Waals surface area contributed by atoms with Crippen LogP contribution in [0.1, 0.15) is 19.4 Å². The van der Waals surface area contributed by atoms with Gasteiger partial charge in [0, 0.05) is 5.54 Å². The van der Waals surface area contributed by atoms with Crippen LogP contribution in [0.2, 0.25) is 0 Å². The number of rotatable bonds is 3. The van der Waals surface area contributed by atoms with Gasteiger partial charge in [-0.25, -0.2) is 0 Å². The molecular weight excluding hydrogens is 150 g/mol. The van der Waals surface area contributed by atoms with Crippen molar-refractivity contribution in [2.45, 2.75) is 25.8 Å². The molecule has 2 N–H and O–H groups in total. The molecule has 0 aliphatic carbocycles. The molecular formula is C10H15NO. The van der Waals surface area contributed by atoms with Crippen molar-refractivity contribution < 1.29 is 5.21 Å². The van der Waals surface area contributed by atoms with Gasteiger partial charge in [-0.1, -0.05) is 30.3 Å². The summed E-state index contributed by atoms with van der Waals surface area (Å²) in [5.74, 6) is 0. The quantitative estimate of drug-likeness (QED) is 0.671. The van der Waals surface area contributed by atoms with Gasteiger partial charge in [-0.15, -0.1) is 0 Å². The van der Waals surface area contributed by atoms with E-state index in [-0.39, 0.29) is 5.54 Å². The predicted molar refractivity (Wildman–Crippen MR) is 49.1 cm³/mol. The summed E-state index contributed by atoms with van der Waals surface area (Å²) in [6.45, 7) is 3.92. The maximum Gasteiger partial charge on any atom is 0.0414 e. The van der Waals surface area contributed by atoms with E-state index >= 15 is 0 Å². The highest BCUT2D eigenvalue weighted by molar-refractivity contribution is 5.16. The molecule has 0 fully saturated rings. The van der Waals surface area contributed by atoms with Crippen molar-refractivity contribution in [3.63, 3.8) is 0 Å². The zero-order valence-electron chi connectivity index (χ0n) is 7.54. The van der Waals surface area contributed by atoms with Crippen LogP contribution in [0.3, 0.4) is 0 Å². The Morgan fingerprint density at radius 1 is 1.25 bits per heavy atom. The summed E-state index contributed by atoms with van der Waals surface area (Å²) in [5.41, 5.74) is 3.27. The summed E-state index contributed by atoms with van der Waals surface area (Å²) >= 11 is 0. The summed E-state index contributed by atoms with van der Waals surface area (Å²) in [7, 11) is 0. The van der Waals surface area contributed by atoms with E-state index in [1.165, 1.54) is 5.56 Å². The molecule has 0 aliphatic heterocycles. The van der Waals surface area contributed by atoms with Gasteiger partial charge in [0.05, 0.1) is 0 Å². The third kappa shape index (κ3) is 2.64. The van der Waals surface area contributed by atoms with Crippen LogP contribution in [0.5, 0.6) is 0 Å². The van der Waals surface area contributed by atoms with E-state index in [1.807, 2.05) is 32.0 Å². The second-order valence-corrected chi connectivity index (χ2v) is 3.66. The minimum atomic E-state index is -0.249. The molecule has 0 aliphatic rings. The van der Waals surface area contributed by atoms with Crippen molar-refractivity contribution in [1.29, 1.82) is 0 Å². The van der Waals surface area contributed by atoms with Crippen LogP contribution >= 0.6 is 0 Å². The molecule has 12 heavy (non-hydrogen) atoms. The van der Waals surface area contributed by atoms with Gasteiger partial charge in [-0.05, 0) is 25.8 Å². The van der Waals surface area contributed by atoms with Gasteiger partial charge >= 0.3 is 0 Å². The molecule has 0 amide bonds. The molecule has 0 saturated carbocycles. The topological polar surface area (TPSA) is 32.3 Å². The second kappa shape index (κ2) is 3.70. The normalized spacial score (nSPS) is 11.6. The largest absolute Gasteiger partial charge is 0.316 e. The second-order valence-electron chi connectivity index (χ2n) is 3.66. The van der Waals surface area contributed by atoms with E-state index < -0.39 is 0 Å². The molecule has 66 valence electrons. The van der Waals surface area contributed by atoms with Gasteiger partial charge in [0.2, 0.25) is 0 Å². The Kier molecular flexibility index (Phi) is 2.84. The van der Waals surface area contributed by atoms with Crippen molar-refractivity contribution in [1.82, 2.24) is 5.48 Å². The first kappa shape index (κ1) is 9.23. The van der Waals surface area contributed by atoms with Gasteiger partial charge in [0.1, 0.15) is 0 Å². The highest BCUT2D eigenvalue weighted by atomic mass is 16.5. The van der Waals surface area contributed by atoms with Crippen LogP contribution in [-0.2, 0) is 6.42 Å². The standard InChI is InChI=1S/C10H15NO/c1-10(2,11-12)8-9-6-4-3-5-7-9/h3-7,11-12H,8H2,1-2H3. The lowest BCUT2D eigenvalue weighted by atomic mass is 9.96. The Balaban J connectivity index is 2.64. The molecule has 0 saturated heterocycles. The average Bonchev–Trinajstić information content (AvgIpc) is 2.06. The zero-order valence-corrected chi connectivity index (χ0v) is 7.54. The number of hydrogen-bond acceptors (Lipinski definition) is 2. The Morgan fingerprint density at radius 2 is 1.83 bits per heavy atom. The summed E-state index contributed by atoms with van der Waals surface area (Å²) < 4.78 is 0. The van der Waals surface area contributed by atoms with Gasteiger partial charge in [0.25, 0.3) is 0 Å². The monoisotopic (exact) mass is 165 g/mol. The SMILES string of the molecule is CC(C)(Cc1ccccc1)NO. The molecule has 1 aromatic rings. The van der Waals surface area contributed by atoms with Crippen LogP contribution in [0.15, 0.2) is 30.3 Å². The number of hydroxylamine groups is 1. The van der Waals surface area contributed by atoms with Crippen molar-refractivity contribution in [3.8, 4) is 0 Å². The predicted octanol–water partition coefficient (Wildman–Crippen LogP) is 1.99. The summed E-state index contributed by atoms with van der Waals surface area (Å²) in [4.78, 5) is 0. The fraction of sp³-hybridized carbons (Fsp3) is 0.400. The Labute approximate surface area is 73.2 Å². The molecule has 0 spiro atoms. The molecule has 2 heteroatoms. The molecule has 0 unspecified atom stereocenters. The lowest BCUT2D eigenvalue weighted by Crippen LogP contribution is -2.38. The first-order chi connectivity index (χ1) is 5.64. The van der Waals surface area contributed by atoms with Crippen molar-refractivity contribution >= 4 is 0 Å². The van der Waals surface area contributed by atoms with E-state index in [0.29, 0.717) is 0 Å². The minimum Gasteiger partial charge on any atom is -0.316 e. The smallest absolute Gasteiger partial charge is 0.0414 e. The van der Waals surface area contributed by atoms with Gasteiger partial charge in [0.15, 0.2) is 0 Å².